The van der Waals surface area contributed by atoms with Crippen molar-refractivity contribution >= 4 is 27.8 Å². The van der Waals surface area contributed by atoms with Crippen LogP contribution in [0.4, 0.5) is 10.3 Å². The van der Waals surface area contributed by atoms with Gasteiger partial charge in [-0.25, -0.2) is 4.39 Å². The van der Waals surface area contributed by atoms with Gasteiger partial charge in [0.15, 0.2) is 0 Å². The van der Waals surface area contributed by atoms with E-state index in [1.807, 2.05) is 0 Å². The van der Waals surface area contributed by atoms with Crippen LogP contribution in [-0.4, -0.2) is 21.1 Å². The van der Waals surface area contributed by atoms with E-state index in [0.717, 1.165) is 0 Å². The van der Waals surface area contributed by atoms with Crippen LogP contribution in [0.15, 0.2) is 22.7 Å². The van der Waals surface area contributed by atoms with Crippen molar-refractivity contribution in [3.63, 3.8) is 0 Å². The zero-order valence-electron chi connectivity index (χ0n) is 8.79. The summed E-state index contributed by atoms with van der Waals surface area (Å²) in [5, 5.41) is 8.86. The van der Waals surface area contributed by atoms with Crippen LogP contribution in [0, 0.1) is 12.7 Å². The van der Waals surface area contributed by atoms with Crippen molar-refractivity contribution in [2.24, 2.45) is 0 Å². The maximum absolute atomic E-state index is 13.0. The minimum atomic E-state index is -0.421. The number of aromatic nitrogens is 3. The lowest BCUT2D eigenvalue weighted by atomic mass is 10.2. The third kappa shape index (κ3) is 2.68. The van der Waals surface area contributed by atoms with E-state index in [2.05, 4.69) is 36.4 Å². The van der Waals surface area contributed by atoms with Crippen molar-refractivity contribution in [3.8, 4) is 0 Å². The number of hydrogen-bond acceptors (Lipinski definition) is 3. The largest absolute Gasteiger partial charge is 0.289 e. The Morgan fingerprint density at radius 3 is 2.88 bits per heavy atom. The normalized spacial score (nSPS) is 10.3. The Labute approximate surface area is 105 Å². The highest BCUT2D eigenvalue weighted by atomic mass is 79.9. The predicted octanol–water partition coefficient (Wildman–Crippen LogP) is 2.27. The number of amides is 1. The number of halogens is 2. The second kappa shape index (κ2) is 4.62. The molecule has 0 aliphatic rings. The molecule has 2 rings (SSSR count). The van der Waals surface area contributed by atoms with Crippen molar-refractivity contribution in [1.29, 1.82) is 0 Å². The number of aryl methyl sites for hydroxylation is 1. The number of benzene rings is 1. The van der Waals surface area contributed by atoms with Crippen molar-refractivity contribution < 1.29 is 9.18 Å². The van der Waals surface area contributed by atoms with Crippen LogP contribution in [0.5, 0.6) is 0 Å². The van der Waals surface area contributed by atoms with Gasteiger partial charge < -0.3 is 0 Å². The monoisotopic (exact) mass is 298 g/mol. The SMILES string of the molecule is Cc1nc(NC(=O)c2ccc(F)c(Br)c2)n[nH]1. The van der Waals surface area contributed by atoms with Gasteiger partial charge in [-0.3, -0.25) is 15.2 Å². The summed E-state index contributed by atoms with van der Waals surface area (Å²) in [7, 11) is 0. The van der Waals surface area contributed by atoms with E-state index in [1.54, 1.807) is 6.92 Å². The Morgan fingerprint density at radius 1 is 1.53 bits per heavy atom. The third-order valence-electron chi connectivity index (χ3n) is 2.00. The van der Waals surface area contributed by atoms with Crippen molar-refractivity contribution in [2.75, 3.05) is 5.32 Å². The summed E-state index contributed by atoms with van der Waals surface area (Å²) in [5.41, 5.74) is 0.320. The van der Waals surface area contributed by atoms with Crippen molar-refractivity contribution in [3.05, 3.63) is 39.9 Å². The summed E-state index contributed by atoms with van der Waals surface area (Å²) in [6.45, 7) is 1.72. The Kier molecular flexibility index (Phi) is 3.19. The molecular weight excluding hydrogens is 291 g/mol. The molecule has 2 N–H and O–H groups in total. The van der Waals surface area contributed by atoms with Crippen LogP contribution in [0.25, 0.3) is 0 Å². The number of aromatic amines is 1. The predicted molar refractivity (Wildman–Crippen MR) is 63.2 cm³/mol. The molecule has 1 aromatic heterocycles. The fourth-order valence-corrected chi connectivity index (χ4v) is 1.59. The molecule has 0 saturated heterocycles. The molecule has 0 unspecified atom stereocenters. The van der Waals surface area contributed by atoms with Gasteiger partial charge in [-0.05, 0) is 41.1 Å². The zero-order chi connectivity index (χ0) is 12.4. The van der Waals surface area contributed by atoms with Gasteiger partial charge in [-0.15, -0.1) is 5.10 Å². The van der Waals surface area contributed by atoms with E-state index in [-0.39, 0.29) is 10.4 Å². The summed E-state index contributed by atoms with van der Waals surface area (Å²) < 4.78 is 13.2. The van der Waals surface area contributed by atoms with E-state index in [0.29, 0.717) is 11.4 Å². The van der Waals surface area contributed by atoms with Gasteiger partial charge in [-0.2, -0.15) is 4.98 Å². The highest BCUT2D eigenvalue weighted by Gasteiger charge is 2.10. The quantitative estimate of drug-likeness (QED) is 0.893. The minimum absolute atomic E-state index is 0.188. The minimum Gasteiger partial charge on any atom is -0.289 e. The summed E-state index contributed by atoms with van der Waals surface area (Å²) >= 11 is 3.01. The van der Waals surface area contributed by atoms with Crippen LogP contribution in [-0.2, 0) is 0 Å². The lowest BCUT2D eigenvalue weighted by Gasteiger charge is -2.02. The first-order valence-electron chi connectivity index (χ1n) is 4.71. The van der Waals surface area contributed by atoms with Gasteiger partial charge in [0.25, 0.3) is 5.91 Å². The molecule has 0 bridgehead atoms. The molecule has 5 nitrogen and oxygen atoms in total. The molecular formula is C10H8BrFN4O. The summed E-state index contributed by atoms with van der Waals surface area (Å²) in [6.07, 6.45) is 0. The lowest BCUT2D eigenvalue weighted by Crippen LogP contribution is -2.13. The molecule has 0 aliphatic carbocycles. The van der Waals surface area contributed by atoms with Crippen molar-refractivity contribution in [1.82, 2.24) is 15.2 Å². The molecule has 17 heavy (non-hydrogen) atoms. The zero-order valence-corrected chi connectivity index (χ0v) is 10.4. The lowest BCUT2D eigenvalue weighted by molar-refractivity contribution is 0.102. The van der Waals surface area contributed by atoms with Gasteiger partial charge in [0.2, 0.25) is 5.95 Å². The molecule has 1 amide bonds. The van der Waals surface area contributed by atoms with Gasteiger partial charge in [0.1, 0.15) is 11.6 Å². The number of H-pyrrole nitrogens is 1. The van der Waals surface area contributed by atoms with E-state index < -0.39 is 11.7 Å². The average molecular weight is 299 g/mol. The number of hydrogen-bond donors (Lipinski definition) is 2. The number of nitrogens with one attached hydrogen (secondary N) is 2. The summed E-state index contributed by atoms with van der Waals surface area (Å²) in [6, 6.07) is 3.99. The molecule has 0 atom stereocenters. The molecule has 0 spiro atoms. The summed E-state index contributed by atoms with van der Waals surface area (Å²) in [4.78, 5) is 15.7. The molecule has 0 aliphatic heterocycles. The van der Waals surface area contributed by atoms with Crippen molar-refractivity contribution in [2.45, 2.75) is 6.92 Å². The van der Waals surface area contributed by atoms with Gasteiger partial charge in [0, 0.05) is 5.56 Å². The molecule has 2 aromatic rings. The van der Waals surface area contributed by atoms with Crippen LogP contribution >= 0.6 is 15.9 Å². The second-order valence-corrected chi connectivity index (χ2v) is 4.18. The smallest absolute Gasteiger partial charge is 0.258 e. The van der Waals surface area contributed by atoms with Crippen LogP contribution in [0.2, 0.25) is 0 Å². The summed E-state index contributed by atoms with van der Waals surface area (Å²) in [5.74, 6) is -0.0338. The maximum Gasteiger partial charge on any atom is 0.258 e. The number of rotatable bonds is 2. The molecule has 0 radical (unpaired) electrons. The Hall–Kier alpha value is -1.76. The maximum atomic E-state index is 13.0. The standard InChI is InChI=1S/C10H8BrFN4O/c1-5-13-10(16-15-5)14-9(17)6-2-3-8(12)7(11)4-6/h2-4H,1H3,(H2,13,14,15,16,17). The van der Waals surface area contributed by atoms with Gasteiger partial charge in [0.05, 0.1) is 4.47 Å². The van der Waals surface area contributed by atoms with E-state index in [1.165, 1.54) is 18.2 Å². The van der Waals surface area contributed by atoms with Gasteiger partial charge >= 0.3 is 0 Å². The van der Waals surface area contributed by atoms with E-state index in [4.69, 9.17) is 0 Å². The van der Waals surface area contributed by atoms with Gasteiger partial charge in [-0.1, -0.05) is 0 Å². The molecule has 0 fully saturated rings. The number of anilines is 1. The highest BCUT2D eigenvalue weighted by Crippen LogP contribution is 2.17. The first kappa shape index (κ1) is 11.7. The Bertz CT molecular complexity index is 569. The first-order chi connectivity index (χ1) is 8.06. The molecule has 7 heteroatoms. The first-order valence-corrected chi connectivity index (χ1v) is 5.51. The molecule has 88 valence electrons. The average Bonchev–Trinajstić information content (AvgIpc) is 2.68. The van der Waals surface area contributed by atoms with Crippen LogP contribution < -0.4 is 5.32 Å². The topological polar surface area (TPSA) is 70.7 Å². The van der Waals surface area contributed by atoms with Crippen LogP contribution in [0.3, 0.4) is 0 Å². The fraction of sp³-hybridized carbons (Fsp3) is 0.100. The number of carbonyl (C=O) groups excluding carboxylic acids is 1. The highest BCUT2D eigenvalue weighted by molar-refractivity contribution is 9.10. The molecule has 0 saturated carbocycles. The Balaban J connectivity index is 2.17. The second-order valence-electron chi connectivity index (χ2n) is 3.33. The Morgan fingerprint density at radius 2 is 2.29 bits per heavy atom. The van der Waals surface area contributed by atoms with E-state index in [9.17, 15) is 9.18 Å². The third-order valence-corrected chi connectivity index (χ3v) is 2.61. The van der Waals surface area contributed by atoms with E-state index >= 15 is 0 Å². The number of nitrogens with zero attached hydrogens (tertiary/aromatic N) is 2. The fourth-order valence-electron chi connectivity index (χ4n) is 1.21. The molecule has 1 heterocycles. The van der Waals surface area contributed by atoms with Crippen LogP contribution in [0.1, 0.15) is 16.2 Å². The molecule has 1 aromatic carbocycles. The number of carbonyl (C=O) groups is 1.